The van der Waals surface area contributed by atoms with Gasteiger partial charge < -0.3 is 14.6 Å². The van der Waals surface area contributed by atoms with Gasteiger partial charge in [0.05, 0.1) is 0 Å². The van der Waals surface area contributed by atoms with Gasteiger partial charge in [0.15, 0.2) is 22.7 Å². The van der Waals surface area contributed by atoms with Crippen LogP contribution >= 0.6 is 0 Å². The van der Waals surface area contributed by atoms with Crippen LogP contribution in [0.4, 0.5) is 14.8 Å². The van der Waals surface area contributed by atoms with Crippen LogP contribution in [-0.4, -0.2) is 40.4 Å². The van der Waals surface area contributed by atoms with Crippen molar-refractivity contribution in [3.63, 3.8) is 0 Å². The van der Waals surface area contributed by atoms with Gasteiger partial charge in [0.25, 0.3) is 6.01 Å². The van der Waals surface area contributed by atoms with Crippen LogP contribution in [0.1, 0.15) is 6.92 Å². The van der Waals surface area contributed by atoms with Crippen molar-refractivity contribution in [2.75, 3.05) is 24.5 Å². The van der Waals surface area contributed by atoms with Crippen molar-refractivity contribution in [3.05, 3.63) is 36.2 Å². The smallest absolute Gasteiger partial charge is 0.298 e. The molecular weight excluding hydrogens is 304 g/mol. The molecule has 1 fully saturated rings. The molecule has 0 aliphatic carbocycles. The van der Waals surface area contributed by atoms with Crippen molar-refractivity contribution in [1.29, 1.82) is 0 Å². The van der Waals surface area contributed by atoms with Gasteiger partial charge in [0, 0.05) is 44.1 Å². The lowest BCUT2D eigenvalue weighted by Gasteiger charge is -2.32. The van der Waals surface area contributed by atoms with Gasteiger partial charge in [-0.05, 0) is 13.0 Å². The lowest BCUT2D eigenvalue weighted by Crippen LogP contribution is -2.50. The molecule has 1 saturated heterocycles. The molecule has 0 bridgehead atoms. The Balaban J connectivity index is 1.90. The van der Waals surface area contributed by atoms with Crippen LogP contribution in [0.2, 0.25) is 0 Å². The summed E-state index contributed by atoms with van der Waals surface area (Å²) in [6.45, 7) is 4.27. The number of fused-ring (bicyclic) bond motifs is 1. The molecule has 4 rings (SSSR count). The number of nitrogens with zero attached hydrogens (tertiary/aromatic N) is 4. The van der Waals surface area contributed by atoms with Crippen molar-refractivity contribution in [2.45, 2.75) is 13.0 Å². The summed E-state index contributed by atoms with van der Waals surface area (Å²) in [5.41, 5.74) is 0.398. The Morgan fingerprint density at radius 2 is 2.26 bits per heavy atom. The Bertz CT molecular complexity index is 845. The summed E-state index contributed by atoms with van der Waals surface area (Å²) in [6, 6.07) is 3.22. The number of piperazine rings is 1. The number of halogens is 2. The molecule has 2 aromatic heterocycles. The van der Waals surface area contributed by atoms with E-state index in [0.29, 0.717) is 18.2 Å². The zero-order chi connectivity index (χ0) is 16.0. The molecule has 1 aliphatic rings. The van der Waals surface area contributed by atoms with Crippen molar-refractivity contribution < 1.29 is 13.2 Å². The monoisotopic (exact) mass is 319 g/mol. The second kappa shape index (κ2) is 5.31. The summed E-state index contributed by atoms with van der Waals surface area (Å²) in [5, 5.41) is 7.32. The molecule has 0 spiro atoms. The first-order valence-electron chi connectivity index (χ1n) is 7.41. The molecule has 120 valence electrons. The van der Waals surface area contributed by atoms with Gasteiger partial charge in [0.2, 0.25) is 0 Å². The number of hydrogen-bond donors (Lipinski definition) is 1. The Kier molecular flexibility index (Phi) is 3.26. The van der Waals surface area contributed by atoms with E-state index in [-0.39, 0.29) is 17.1 Å². The zero-order valence-electron chi connectivity index (χ0n) is 12.5. The third kappa shape index (κ3) is 2.26. The van der Waals surface area contributed by atoms with Crippen LogP contribution in [0.5, 0.6) is 0 Å². The number of aromatic nitrogens is 3. The second-order valence-corrected chi connectivity index (χ2v) is 5.56. The van der Waals surface area contributed by atoms with E-state index in [1.54, 1.807) is 18.5 Å². The highest BCUT2D eigenvalue weighted by Gasteiger charge is 2.26. The minimum Gasteiger partial charge on any atom is -0.421 e. The van der Waals surface area contributed by atoms with Gasteiger partial charge in [-0.15, -0.1) is 0 Å². The maximum Gasteiger partial charge on any atom is 0.298 e. The first kappa shape index (κ1) is 14.1. The van der Waals surface area contributed by atoms with E-state index < -0.39 is 11.6 Å². The number of benzene rings is 1. The molecule has 1 N–H and O–H groups in total. The predicted octanol–water partition coefficient (Wildman–Crippen LogP) is 2.09. The van der Waals surface area contributed by atoms with Gasteiger partial charge in [-0.2, -0.15) is 10.1 Å². The normalized spacial score (nSPS) is 18.7. The maximum atomic E-state index is 14.1. The Morgan fingerprint density at radius 3 is 3.00 bits per heavy atom. The molecule has 1 atom stereocenters. The van der Waals surface area contributed by atoms with Gasteiger partial charge in [-0.25, -0.2) is 13.5 Å². The molecule has 0 radical (unpaired) electrons. The SMILES string of the molecule is C[C@H]1CNCCN1c1nc2c(F)c(F)cc(-n3cccn3)c2o1. The van der Waals surface area contributed by atoms with Gasteiger partial charge in [0.1, 0.15) is 5.69 Å². The molecule has 3 heterocycles. The van der Waals surface area contributed by atoms with Crippen molar-refractivity contribution >= 4 is 17.1 Å². The van der Waals surface area contributed by atoms with E-state index in [9.17, 15) is 8.78 Å². The molecule has 8 heteroatoms. The highest BCUT2D eigenvalue weighted by molar-refractivity contribution is 5.83. The molecule has 3 aromatic rings. The predicted molar refractivity (Wildman–Crippen MR) is 80.7 cm³/mol. The standard InChI is InChI=1S/C15H15F2N5O/c1-9-8-18-4-6-21(9)15-20-13-12(17)10(16)7-11(14(13)23-15)22-5-2-3-19-22/h2-3,5,7,9,18H,4,6,8H2,1H3/t9-/m0/s1. The number of oxazole rings is 1. The third-order valence-corrected chi connectivity index (χ3v) is 4.03. The third-order valence-electron chi connectivity index (χ3n) is 4.03. The molecule has 0 saturated carbocycles. The molecule has 0 unspecified atom stereocenters. The first-order valence-corrected chi connectivity index (χ1v) is 7.41. The number of anilines is 1. The summed E-state index contributed by atoms with van der Waals surface area (Å²) >= 11 is 0. The fourth-order valence-corrected chi connectivity index (χ4v) is 2.82. The minimum absolute atomic E-state index is 0.115. The van der Waals surface area contributed by atoms with E-state index in [1.807, 2.05) is 11.8 Å². The van der Waals surface area contributed by atoms with Crippen LogP contribution in [0.3, 0.4) is 0 Å². The summed E-state index contributed by atoms with van der Waals surface area (Å²) in [6.07, 6.45) is 3.20. The lowest BCUT2D eigenvalue weighted by molar-refractivity contribution is 0.455. The molecule has 6 nitrogen and oxygen atoms in total. The fourth-order valence-electron chi connectivity index (χ4n) is 2.82. The first-order chi connectivity index (χ1) is 11.1. The van der Waals surface area contributed by atoms with Crippen molar-refractivity contribution in [2.24, 2.45) is 0 Å². The van der Waals surface area contributed by atoms with Gasteiger partial charge in [-0.3, -0.25) is 0 Å². The molecular formula is C15H15F2N5O. The number of hydrogen-bond acceptors (Lipinski definition) is 5. The summed E-state index contributed by atoms with van der Waals surface area (Å²) in [4.78, 5) is 6.14. The number of nitrogens with one attached hydrogen (secondary N) is 1. The van der Waals surface area contributed by atoms with Crippen LogP contribution < -0.4 is 10.2 Å². The average molecular weight is 319 g/mol. The minimum atomic E-state index is -1.01. The summed E-state index contributed by atoms with van der Waals surface area (Å²) in [7, 11) is 0. The Hall–Kier alpha value is -2.48. The number of rotatable bonds is 2. The molecule has 1 aliphatic heterocycles. The second-order valence-electron chi connectivity index (χ2n) is 5.56. The van der Waals surface area contributed by atoms with E-state index in [0.717, 1.165) is 19.2 Å². The zero-order valence-corrected chi connectivity index (χ0v) is 12.5. The van der Waals surface area contributed by atoms with Crippen LogP contribution in [-0.2, 0) is 0 Å². The van der Waals surface area contributed by atoms with E-state index in [4.69, 9.17) is 4.42 Å². The lowest BCUT2D eigenvalue weighted by atomic mass is 10.2. The maximum absolute atomic E-state index is 14.1. The molecule has 23 heavy (non-hydrogen) atoms. The Morgan fingerprint density at radius 1 is 1.39 bits per heavy atom. The molecule has 1 aromatic carbocycles. The van der Waals surface area contributed by atoms with Crippen LogP contribution in [0.15, 0.2) is 28.9 Å². The van der Waals surface area contributed by atoms with Gasteiger partial charge in [-0.1, -0.05) is 0 Å². The van der Waals surface area contributed by atoms with E-state index in [1.165, 1.54) is 4.68 Å². The fraction of sp³-hybridized carbons (Fsp3) is 0.333. The van der Waals surface area contributed by atoms with Crippen LogP contribution in [0.25, 0.3) is 16.8 Å². The summed E-state index contributed by atoms with van der Waals surface area (Å²) < 4.78 is 35.3. The van der Waals surface area contributed by atoms with Crippen LogP contribution in [0, 0.1) is 11.6 Å². The summed E-state index contributed by atoms with van der Waals surface area (Å²) in [5.74, 6) is -1.98. The van der Waals surface area contributed by atoms with Gasteiger partial charge >= 0.3 is 0 Å². The van der Waals surface area contributed by atoms with Crippen molar-refractivity contribution in [1.82, 2.24) is 20.1 Å². The van der Waals surface area contributed by atoms with Crippen molar-refractivity contribution in [3.8, 4) is 5.69 Å². The van der Waals surface area contributed by atoms with E-state index in [2.05, 4.69) is 15.4 Å². The molecule has 0 amide bonds. The highest BCUT2D eigenvalue weighted by Crippen LogP contribution is 2.31. The highest BCUT2D eigenvalue weighted by atomic mass is 19.2. The quantitative estimate of drug-likeness (QED) is 0.784. The average Bonchev–Trinajstić information content (AvgIpc) is 3.21. The Labute approximate surface area is 130 Å². The largest absolute Gasteiger partial charge is 0.421 e. The topological polar surface area (TPSA) is 59.1 Å². The van der Waals surface area contributed by atoms with E-state index >= 15 is 0 Å².